The van der Waals surface area contributed by atoms with Crippen LogP contribution >= 0.6 is 23.1 Å². The molecule has 0 radical (unpaired) electrons. The van der Waals surface area contributed by atoms with Gasteiger partial charge >= 0.3 is 5.97 Å². The van der Waals surface area contributed by atoms with Crippen molar-refractivity contribution in [1.82, 2.24) is 4.37 Å². The molecule has 1 aromatic carbocycles. The van der Waals surface area contributed by atoms with Crippen LogP contribution in [0.25, 0.3) is 0 Å². The maximum Gasteiger partial charge on any atom is 0.347 e. The quantitative estimate of drug-likeness (QED) is 0.927. The summed E-state index contributed by atoms with van der Waals surface area (Å²) in [6, 6.07) is 8.57. The molecule has 0 saturated carbocycles. The van der Waals surface area contributed by atoms with E-state index in [1.807, 2.05) is 6.07 Å². The van der Waals surface area contributed by atoms with E-state index in [9.17, 15) is 4.79 Å². The molecule has 0 aliphatic carbocycles. The topological polar surface area (TPSA) is 59.4 Å². The van der Waals surface area contributed by atoms with Crippen LogP contribution in [0.5, 0.6) is 5.75 Å². The number of carbonyl (C=O) groups is 1. The number of rotatable bonds is 4. The molecule has 0 bridgehead atoms. The van der Waals surface area contributed by atoms with Gasteiger partial charge in [-0.2, -0.15) is 4.37 Å². The zero-order valence-electron chi connectivity index (χ0n) is 8.59. The Labute approximate surface area is 107 Å². The highest BCUT2D eigenvalue weighted by Gasteiger charge is 2.09. The summed E-state index contributed by atoms with van der Waals surface area (Å²) in [6.45, 7) is 0.202. The average molecular weight is 270 g/mol. The van der Waals surface area contributed by atoms with Gasteiger partial charge in [0.05, 0.1) is 10.7 Å². The average Bonchev–Trinajstić information content (AvgIpc) is 2.77. The Morgan fingerprint density at radius 3 is 2.88 bits per heavy atom. The minimum atomic E-state index is -0.980. The molecule has 2 aromatic rings. The summed E-state index contributed by atoms with van der Waals surface area (Å²) in [5.74, 6) is -0.425. The minimum Gasteiger partial charge on any atom is -0.486 e. The van der Waals surface area contributed by atoms with E-state index in [0.29, 0.717) is 16.5 Å². The van der Waals surface area contributed by atoms with Gasteiger partial charge in [0, 0.05) is 0 Å². The van der Waals surface area contributed by atoms with Crippen molar-refractivity contribution < 1.29 is 14.6 Å². The van der Waals surface area contributed by atoms with Gasteiger partial charge in [-0.3, -0.25) is 0 Å². The largest absolute Gasteiger partial charge is 0.486 e. The molecule has 4 nitrogen and oxygen atoms in total. The first kappa shape index (κ1) is 11.9. The van der Waals surface area contributed by atoms with E-state index in [1.54, 1.807) is 18.2 Å². The van der Waals surface area contributed by atoms with Crippen LogP contribution < -0.4 is 4.74 Å². The molecule has 17 heavy (non-hydrogen) atoms. The molecule has 0 unspecified atom stereocenters. The summed E-state index contributed by atoms with van der Waals surface area (Å²) >= 11 is 6.84. The predicted molar refractivity (Wildman–Crippen MR) is 64.9 cm³/mol. The number of carboxylic acid groups (broad SMARTS) is 1. The molecule has 88 valence electrons. The normalized spacial score (nSPS) is 10.2. The fourth-order valence-corrected chi connectivity index (χ4v) is 1.97. The van der Waals surface area contributed by atoms with Crippen LogP contribution in [0, 0.1) is 0 Å². The molecule has 0 spiro atoms. The number of para-hydroxylation sites is 1. The standard InChI is InChI=1S/C11H8ClNO3S/c12-8-3-1-2-4-9(8)16-6-7-5-10(11(14)15)17-13-7/h1-5H,6H2,(H,14,15). The lowest BCUT2D eigenvalue weighted by Gasteiger charge is -2.05. The molecule has 2 rings (SSSR count). The summed E-state index contributed by atoms with van der Waals surface area (Å²) in [4.78, 5) is 10.8. The molecule has 0 aliphatic heterocycles. The van der Waals surface area contributed by atoms with Gasteiger partial charge in [0.1, 0.15) is 17.2 Å². The summed E-state index contributed by atoms with van der Waals surface area (Å²) < 4.78 is 9.41. The van der Waals surface area contributed by atoms with Crippen LogP contribution in [0.1, 0.15) is 15.4 Å². The molecular formula is C11H8ClNO3S. The van der Waals surface area contributed by atoms with E-state index < -0.39 is 5.97 Å². The summed E-state index contributed by atoms with van der Waals surface area (Å²) in [5.41, 5.74) is 0.576. The summed E-state index contributed by atoms with van der Waals surface area (Å²) in [7, 11) is 0. The Kier molecular flexibility index (Phi) is 3.61. The second-order valence-electron chi connectivity index (χ2n) is 3.21. The number of hydrogen-bond donors (Lipinski definition) is 1. The lowest BCUT2D eigenvalue weighted by atomic mass is 10.3. The van der Waals surface area contributed by atoms with E-state index in [1.165, 1.54) is 6.07 Å². The first-order chi connectivity index (χ1) is 8.16. The predicted octanol–water partition coefficient (Wildman–Crippen LogP) is 3.07. The Bertz CT molecular complexity index is 541. The van der Waals surface area contributed by atoms with Crippen LogP contribution in [-0.4, -0.2) is 15.4 Å². The number of aromatic carboxylic acids is 1. The molecule has 1 heterocycles. The molecule has 0 atom stereocenters. The van der Waals surface area contributed by atoms with Gasteiger partial charge < -0.3 is 9.84 Å². The van der Waals surface area contributed by atoms with Crippen LogP contribution in [-0.2, 0) is 6.61 Å². The minimum absolute atomic E-state index is 0.197. The van der Waals surface area contributed by atoms with E-state index in [0.717, 1.165) is 11.5 Å². The maximum absolute atomic E-state index is 10.7. The van der Waals surface area contributed by atoms with Crippen LogP contribution in [0.2, 0.25) is 5.02 Å². The second-order valence-corrected chi connectivity index (χ2v) is 4.42. The fraction of sp³-hybridized carbons (Fsp3) is 0.0909. The van der Waals surface area contributed by atoms with E-state index in [-0.39, 0.29) is 11.5 Å². The van der Waals surface area contributed by atoms with Crippen LogP contribution in [0.4, 0.5) is 0 Å². The fourth-order valence-electron chi connectivity index (χ4n) is 1.19. The smallest absolute Gasteiger partial charge is 0.347 e. The number of aromatic nitrogens is 1. The van der Waals surface area contributed by atoms with Gasteiger partial charge in [-0.25, -0.2) is 4.79 Å². The highest BCUT2D eigenvalue weighted by molar-refractivity contribution is 7.08. The van der Waals surface area contributed by atoms with Gasteiger partial charge in [-0.05, 0) is 29.7 Å². The van der Waals surface area contributed by atoms with Crippen molar-refractivity contribution in [2.45, 2.75) is 6.61 Å². The van der Waals surface area contributed by atoms with Gasteiger partial charge in [-0.1, -0.05) is 23.7 Å². The maximum atomic E-state index is 10.7. The van der Waals surface area contributed by atoms with Crippen LogP contribution in [0.15, 0.2) is 30.3 Å². The highest BCUT2D eigenvalue weighted by Crippen LogP contribution is 2.24. The Hall–Kier alpha value is -1.59. The number of hydrogen-bond acceptors (Lipinski definition) is 4. The number of halogens is 1. The highest BCUT2D eigenvalue weighted by atomic mass is 35.5. The number of ether oxygens (including phenoxy) is 1. The van der Waals surface area contributed by atoms with E-state index >= 15 is 0 Å². The molecule has 6 heteroatoms. The van der Waals surface area contributed by atoms with Crippen molar-refractivity contribution in [3.05, 3.63) is 45.9 Å². The zero-order chi connectivity index (χ0) is 12.3. The third kappa shape index (κ3) is 2.95. The molecular weight excluding hydrogens is 262 g/mol. The zero-order valence-corrected chi connectivity index (χ0v) is 10.2. The molecule has 0 aliphatic rings. The molecule has 1 N–H and O–H groups in total. The van der Waals surface area contributed by atoms with E-state index in [2.05, 4.69) is 4.37 Å². The van der Waals surface area contributed by atoms with Crippen molar-refractivity contribution in [3.8, 4) is 5.75 Å². The number of benzene rings is 1. The van der Waals surface area contributed by atoms with Gasteiger partial charge in [-0.15, -0.1) is 0 Å². The van der Waals surface area contributed by atoms with Crippen molar-refractivity contribution in [1.29, 1.82) is 0 Å². The number of nitrogens with zero attached hydrogens (tertiary/aromatic N) is 1. The summed E-state index contributed by atoms with van der Waals surface area (Å²) in [6.07, 6.45) is 0. The Morgan fingerprint density at radius 2 is 2.24 bits per heavy atom. The van der Waals surface area contributed by atoms with Crippen molar-refractivity contribution in [2.75, 3.05) is 0 Å². The van der Waals surface area contributed by atoms with Crippen molar-refractivity contribution in [2.24, 2.45) is 0 Å². The summed E-state index contributed by atoms with van der Waals surface area (Å²) in [5, 5.41) is 9.25. The number of carboxylic acids is 1. The first-order valence-electron chi connectivity index (χ1n) is 4.73. The molecule has 0 saturated heterocycles. The third-order valence-electron chi connectivity index (χ3n) is 1.98. The molecule has 0 amide bonds. The SMILES string of the molecule is O=C(O)c1cc(COc2ccccc2Cl)ns1. The van der Waals surface area contributed by atoms with Gasteiger partial charge in [0.25, 0.3) is 0 Å². The van der Waals surface area contributed by atoms with E-state index in [4.69, 9.17) is 21.4 Å². The van der Waals surface area contributed by atoms with Crippen molar-refractivity contribution in [3.63, 3.8) is 0 Å². The van der Waals surface area contributed by atoms with Gasteiger partial charge in [0.2, 0.25) is 0 Å². The Morgan fingerprint density at radius 1 is 1.47 bits per heavy atom. The van der Waals surface area contributed by atoms with Gasteiger partial charge in [0.15, 0.2) is 0 Å². The second kappa shape index (κ2) is 5.16. The van der Waals surface area contributed by atoms with Crippen LogP contribution in [0.3, 0.4) is 0 Å². The molecule has 0 fully saturated rings. The first-order valence-corrected chi connectivity index (χ1v) is 5.88. The molecule has 1 aromatic heterocycles. The monoisotopic (exact) mass is 269 g/mol. The Balaban J connectivity index is 2.02. The third-order valence-corrected chi connectivity index (χ3v) is 3.11. The lowest BCUT2D eigenvalue weighted by Crippen LogP contribution is -1.96. The lowest BCUT2D eigenvalue weighted by molar-refractivity contribution is 0.0702. The van der Waals surface area contributed by atoms with Crippen molar-refractivity contribution >= 4 is 29.1 Å².